The zero-order chi connectivity index (χ0) is 19.7. The van der Waals surface area contributed by atoms with Gasteiger partial charge in [-0.3, -0.25) is 14.2 Å². The Bertz CT molecular complexity index is 939. The standard InChI is InChI=1S/C19H23N3O4S/c1-4-7-26-11-5-6-12(14(23)8-11)13-9-15(24)20-17-16(13)18(25)22(10(2)3)19(27)21-17/h5-6,8,10,13,23H,4,7,9H2,1-3H3,(H,20,24)(H,21,27). The Morgan fingerprint density at radius 1 is 1.41 bits per heavy atom. The van der Waals surface area contributed by atoms with E-state index in [1.165, 1.54) is 10.6 Å². The summed E-state index contributed by atoms with van der Waals surface area (Å²) < 4.78 is 7.01. The number of thiol groups is 1. The van der Waals surface area contributed by atoms with Gasteiger partial charge in [0.05, 0.1) is 12.2 Å². The molecule has 0 spiro atoms. The number of carbonyl (C=O) groups is 1. The summed E-state index contributed by atoms with van der Waals surface area (Å²) in [7, 11) is 0. The van der Waals surface area contributed by atoms with Crippen molar-refractivity contribution in [3.05, 3.63) is 39.7 Å². The van der Waals surface area contributed by atoms with Crippen molar-refractivity contribution in [3.8, 4) is 11.5 Å². The fraction of sp³-hybridized carbons (Fsp3) is 0.421. The van der Waals surface area contributed by atoms with Gasteiger partial charge in [0.25, 0.3) is 5.56 Å². The summed E-state index contributed by atoms with van der Waals surface area (Å²) in [4.78, 5) is 29.6. The van der Waals surface area contributed by atoms with Crippen LogP contribution in [0, 0.1) is 0 Å². The van der Waals surface area contributed by atoms with E-state index < -0.39 is 5.92 Å². The molecular weight excluding hydrogens is 366 g/mol. The van der Waals surface area contributed by atoms with E-state index in [-0.39, 0.29) is 40.7 Å². The first-order valence-corrected chi connectivity index (χ1v) is 9.39. The number of hydrogen-bond donors (Lipinski definition) is 3. The zero-order valence-electron chi connectivity index (χ0n) is 15.5. The Morgan fingerprint density at radius 2 is 2.15 bits per heavy atom. The van der Waals surface area contributed by atoms with Crippen LogP contribution >= 0.6 is 12.6 Å². The van der Waals surface area contributed by atoms with Gasteiger partial charge in [-0.25, -0.2) is 4.98 Å². The van der Waals surface area contributed by atoms with E-state index in [0.717, 1.165) is 6.42 Å². The zero-order valence-corrected chi connectivity index (χ0v) is 16.4. The number of phenols is 1. The minimum Gasteiger partial charge on any atom is -0.508 e. The molecule has 3 rings (SSSR count). The molecule has 1 amide bonds. The normalized spacial score (nSPS) is 16.2. The fourth-order valence-corrected chi connectivity index (χ4v) is 3.70. The molecule has 1 unspecified atom stereocenters. The molecule has 0 saturated heterocycles. The summed E-state index contributed by atoms with van der Waals surface area (Å²) in [6.07, 6.45) is 0.905. The highest BCUT2D eigenvalue weighted by Crippen LogP contribution is 2.39. The molecule has 1 aliphatic rings. The first-order valence-electron chi connectivity index (χ1n) is 8.94. The molecule has 27 heavy (non-hydrogen) atoms. The number of anilines is 1. The smallest absolute Gasteiger partial charge is 0.260 e. The summed E-state index contributed by atoms with van der Waals surface area (Å²) >= 11 is 4.29. The predicted molar refractivity (Wildman–Crippen MR) is 105 cm³/mol. The van der Waals surface area contributed by atoms with Crippen molar-refractivity contribution in [2.75, 3.05) is 11.9 Å². The van der Waals surface area contributed by atoms with Crippen LogP contribution < -0.4 is 15.6 Å². The molecule has 0 saturated carbocycles. The first-order chi connectivity index (χ1) is 12.8. The molecule has 1 aliphatic heterocycles. The number of ether oxygens (including phenoxy) is 1. The Morgan fingerprint density at radius 3 is 2.78 bits per heavy atom. The second kappa shape index (κ2) is 7.64. The van der Waals surface area contributed by atoms with Crippen LogP contribution in [0.4, 0.5) is 5.82 Å². The van der Waals surface area contributed by atoms with Gasteiger partial charge in [-0.05, 0) is 26.3 Å². The molecule has 2 aromatic rings. The van der Waals surface area contributed by atoms with Gasteiger partial charge < -0.3 is 15.2 Å². The van der Waals surface area contributed by atoms with Gasteiger partial charge >= 0.3 is 0 Å². The van der Waals surface area contributed by atoms with E-state index in [1.807, 2.05) is 20.8 Å². The summed E-state index contributed by atoms with van der Waals surface area (Å²) in [5.41, 5.74) is 0.588. The van der Waals surface area contributed by atoms with Crippen molar-refractivity contribution in [2.45, 2.75) is 50.7 Å². The third-order valence-electron chi connectivity index (χ3n) is 4.49. The lowest BCUT2D eigenvalue weighted by Crippen LogP contribution is -2.35. The minimum atomic E-state index is -0.590. The number of carbonyl (C=O) groups excluding carboxylic acids is 1. The summed E-state index contributed by atoms with van der Waals surface area (Å²) in [5, 5.41) is 13.4. The van der Waals surface area contributed by atoms with Gasteiger partial charge in [0, 0.05) is 30.0 Å². The van der Waals surface area contributed by atoms with Crippen LogP contribution in [0.3, 0.4) is 0 Å². The third kappa shape index (κ3) is 3.66. The summed E-state index contributed by atoms with van der Waals surface area (Å²) in [5.74, 6) is -0.122. The molecule has 1 aromatic heterocycles. The first kappa shape index (κ1) is 19.3. The molecule has 1 atom stereocenters. The highest BCUT2D eigenvalue weighted by Gasteiger charge is 2.33. The number of hydrogen-bond acceptors (Lipinski definition) is 6. The Hall–Kier alpha value is -2.48. The summed E-state index contributed by atoms with van der Waals surface area (Å²) in [6.45, 7) is 6.27. The van der Waals surface area contributed by atoms with Gasteiger partial charge in [0.1, 0.15) is 17.3 Å². The van der Waals surface area contributed by atoms with E-state index in [4.69, 9.17) is 4.74 Å². The van der Waals surface area contributed by atoms with Crippen molar-refractivity contribution < 1.29 is 14.6 Å². The van der Waals surface area contributed by atoms with Crippen molar-refractivity contribution in [2.24, 2.45) is 0 Å². The van der Waals surface area contributed by atoms with Crippen LogP contribution in [0.1, 0.15) is 56.7 Å². The number of rotatable bonds is 5. The number of benzene rings is 1. The fourth-order valence-electron chi connectivity index (χ4n) is 3.27. The highest BCUT2D eigenvalue weighted by molar-refractivity contribution is 7.80. The van der Waals surface area contributed by atoms with E-state index in [1.54, 1.807) is 12.1 Å². The minimum absolute atomic E-state index is 0.0142. The Balaban J connectivity index is 2.13. The average Bonchev–Trinajstić information content (AvgIpc) is 2.58. The molecule has 1 aromatic carbocycles. The maximum atomic E-state index is 13.1. The maximum absolute atomic E-state index is 13.1. The number of phenolic OH excluding ortho intramolecular Hbond substituents is 1. The van der Waals surface area contributed by atoms with Crippen molar-refractivity contribution >= 4 is 24.4 Å². The quantitative estimate of drug-likeness (QED) is 0.540. The van der Waals surface area contributed by atoms with Gasteiger partial charge in [0.2, 0.25) is 5.91 Å². The van der Waals surface area contributed by atoms with Crippen LogP contribution in [-0.4, -0.2) is 27.2 Å². The molecule has 0 aliphatic carbocycles. The topological polar surface area (TPSA) is 93.5 Å². The van der Waals surface area contributed by atoms with Gasteiger partial charge in [-0.2, -0.15) is 0 Å². The molecule has 0 bridgehead atoms. The predicted octanol–water partition coefficient (Wildman–Crippen LogP) is 3.08. The molecule has 0 fully saturated rings. The largest absolute Gasteiger partial charge is 0.508 e. The molecule has 2 N–H and O–H groups in total. The maximum Gasteiger partial charge on any atom is 0.260 e. The van der Waals surface area contributed by atoms with E-state index in [0.29, 0.717) is 23.5 Å². The number of nitrogens with zero attached hydrogens (tertiary/aromatic N) is 2. The van der Waals surface area contributed by atoms with Gasteiger partial charge in [-0.1, -0.05) is 13.0 Å². The van der Waals surface area contributed by atoms with E-state index in [9.17, 15) is 14.7 Å². The molecule has 2 heterocycles. The molecule has 7 nitrogen and oxygen atoms in total. The van der Waals surface area contributed by atoms with Crippen molar-refractivity contribution in [1.29, 1.82) is 0 Å². The van der Waals surface area contributed by atoms with Crippen LogP contribution in [0.2, 0.25) is 0 Å². The summed E-state index contributed by atoms with van der Waals surface area (Å²) in [6, 6.07) is 4.80. The third-order valence-corrected chi connectivity index (χ3v) is 4.81. The number of fused-ring (bicyclic) bond motifs is 1. The average molecular weight is 389 g/mol. The van der Waals surface area contributed by atoms with Crippen LogP contribution in [-0.2, 0) is 4.79 Å². The molecule has 144 valence electrons. The van der Waals surface area contributed by atoms with Gasteiger partial charge in [-0.15, -0.1) is 12.6 Å². The Kier molecular flexibility index (Phi) is 5.46. The molecule has 0 radical (unpaired) electrons. The van der Waals surface area contributed by atoms with Crippen LogP contribution in [0.5, 0.6) is 11.5 Å². The van der Waals surface area contributed by atoms with E-state index in [2.05, 4.69) is 22.9 Å². The van der Waals surface area contributed by atoms with E-state index >= 15 is 0 Å². The molecule has 8 heteroatoms. The number of nitrogens with one attached hydrogen (secondary N) is 1. The second-order valence-electron chi connectivity index (χ2n) is 6.82. The SMILES string of the molecule is CCCOc1ccc(C2CC(=O)Nc3nc(S)n(C(C)C)c(=O)c32)c(O)c1. The molecular formula is C19H23N3O4S. The lowest BCUT2D eigenvalue weighted by molar-refractivity contribution is -0.116. The van der Waals surface area contributed by atoms with Crippen LogP contribution in [0.15, 0.2) is 28.2 Å². The monoisotopic (exact) mass is 389 g/mol. The van der Waals surface area contributed by atoms with Crippen molar-refractivity contribution in [3.63, 3.8) is 0 Å². The van der Waals surface area contributed by atoms with Crippen molar-refractivity contribution in [1.82, 2.24) is 9.55 Å². The highest BCUT2D eigenvalue weighted by atomic mass is 32.1. The number of aromatic hydroxyl groups is 1. The lowest BCUT2D eigenvalue weighted by Gasteiger charge is -2.27. The lowest BCUT2D eigenvalue weighted by atomic mass is 9.86. The number of amides is 1. The number of aromatic nitrogens is 2. The van der Waals surface area contributed by atoms with Gasteiger partial charge in [0.15, 0.2) is 5.16 Å². The second-order valence-corrected chi connectivity index (χ2v) is 7.22. The Labute approximate surface area is 162 Å². The van der Waals surface area contributed by atoms with Crippen LogP contribution in [0.25, 0.3) is 0 Å².